The summed E-state index contributed by atoms with van der Waals surface area (Å²) in [7, 11) is 0. The lowest BCUT2D eigenvalue weighted by molar-refractivity contribution is 0.0495. The van der Waals surface area contributed by atoms with Crippen molar-refractivity contribution in [1.82, 2.24) is 0 Å². The van der Waals surface area contributed by atoms with E-state index in [1.165, 1.54) is 24.3 Å². The van der Waals surface area contributed by atoms with Gasteiger partial charge in [-0.25, -0.2) is 4.79 Å². The minimum Gasteiger partial charge on any atom is -0.508 e. The smallest absolute Gasteiger partial charge is 0.338 e. The average molecular weight is 369 g/mol. The second-order valence-corrected chi connectivity index (χ2v) is 6.73. The third-order valence-corrected chi connectivity index (χ3v) is 4.70. The van der Waals surface area contributed by atoms with Gasteiger partial charge in [0.15, 0.2) is 5.78 Å². The molecule has 144 valence electrons. The van der Waals surface area contributed by atoms with Crippen LogP contribution in [-0.2, 0) is 4.74 Å². The van der Waals surface area contributed by atoms with Gasteiger partial charge in [0.05, 0.1) is 17.7 Å². The molecule has 2 aromatic carbocycles. The zero-order chi connectivity index (χ0) is 20.0. The first kappa shape index (κ1) is 20.5. The van der Waals surface area contributed by atoms with Gasteiger partial charge in [-0.05, 0) is 61.7 Å². The van der Waals surface area contributed by atoms with Crippen molar-refractivity contribution in [1.29, 1.82) is 0 Å². The number of aromatic hydroxyl groups is 1. The maximum atomic E-state index is 13.0. The van der Waals surface area contributed by atoms with E-state index in [9.17, 15) is 14.7 Å². The lowest BCUT2D eigenvalue weighted by Crippen LogP contribution is -2.17. The number of carbonyl (C=O) groups is 2. The quantitative estimate of drug-likeness (QED) is 0.308. The van der Waals surface area contributed by atoms with Gasteiger partial charge in [-0.2, -0.15) is 0 Å². The van der Waals surface area contributed by atoms with Crippen molar-refractivity contribution in [2.24, 2.45) is 0 Å². The van der Waals surface area contributed by atoms with Gasteiger partial charge in [0.25, 0.3) is 0 Å². The van der Waals surface area contributed by atoms with E-state index in [1.54, 1.807) is 6.07 Å². The van der Waals surface area contributed by atoms with Crippen LogP contribution in [0.15, 0.2) is 30.3 Å². The van der Waals surface area contributed by atoms with Crippen molar-refractivity contribution >= 4 is 17.4 Å². The number of hydrogen-bond acceptors (Lipinski definition) is 5. The zero-order valence-corrected chi connectivity index (χ0v) is 16.2. The fraction of sp³-hybridized carbons (Fsp3) is 0.364. The Bertz CT molecular complexity index is 825. The summed E-state index contributed by atoms with van der Waals surface area (Å²) in [5, 5.41) is 9.44. The number of benzene rings is 2. The summed E-state index contributed by atoms with van der Waals surface area (Å²) in [6, 6.07) is 7.53. The molecule has 0 aromatic heterocycles. The van der Waals surface area contributed by atoms with Gasteiger partial charge in [0.2, 0.25) is 0 Å². The minimum atomic E-state index is -0.538. The molecule has 2 rings (SSSR count). The number of esters is 1. The predicted octanol–water partition coefficient (Wildman–Crippen LogP) is 4.56. The van der Waals surface area contributed by atoms with Crippen molar-refractivity contribution < 1.29 is 19.4 Å². The standard InChI is InChI=1S/C22H27NO4/c1-4-5-6-7-12-27-22(26)18-13-14(2)15(3)20(23)19(18)21(25)16-8-10-17(24)11-9-16/h8-11,13,24H,4-7,12,23H2,1-3H3. The molecule has 0 atom stereocenters. The zero-order valence-electron chi connectivity index (χ0n) is 16.2. The molecule has 0 bridgehead atoms. The van der Waals surface area contributed by atoms with Gasteiger partial charge >= 0.3 is 5.97 Å². The van der Waals surface area contributed by atoms with E-state index in [0.29, 0.717) is 12.2 Å². The number of anilines is 1. The summed E-state index contributed by atoms with van der Waals surface area (Å²) in [5.41, 5.74) is 8.76. The largest absolute Gasteiger partial charge is 0.508 e. The van der Waals surface area contributed by atoms with Gasteiger partial charge in [0.1, 0.15) is 5.75 Å². The first-order valence-electron chi connectivity index (χ1n) is 9.27. The fourth-order valence-electron chi connectivity index (χ4n) is 2.88. The molecule has 2 aromatic rings. The first-order chi connectivity index (χ1) is 12.9. The maximum Gasteiger partial charge on any atom is 0.338 e. The van der Waals surface area contributed by atoms with Crippen molar-refractivity contribution in [2.45, 2.75) is 46.5 Å². The van der Waals surface area contributed by atoms with E-state index in [1.807, 2.05) is 13.8 Å². The summed E-state index contributed by atoms with van der Waals surface area (Å²) in [4.78, 5) is 25.6. The van der Waals surface area contributed by atoms with E-state index >= 15 is 0 Å². The van der Waals surface area contributed by atoms with Crippen molar-refractivity contribution in [3.63, 3.8) is 0 Å². The number of aryl methyl sites for hydroxylation is 1. The highest BCUT2D eigenvalue weighted by atomic mass is 16.5. The summed E-state index contributed by atoms with van der Waals surface area (Å²) in [6.07, 6.45) is 3.99. The third kappa shape index (κ3) is 4.88. The van der Waals surface area contributed by atoms with Crippen LogP contribution in [0, 0.1) is 13.8 Å². The summed E-state index contributed by atoms with van der Waals surface area (Å²) in [5.74, 6) is -0.844. The number of nitrogen functional groups attached to an aromatic ring is 1. The van der Waals surface area contributed by atoms with Gasteiger partial charge < -0.3 is 15.6 Å². The Kier molecular flexibility index (Phi) is 6.99. The van der Waals surface area contributed by atoms with Crippen LogP contribution >= 0.6 is 0 Å². The molecule has 3 N–H and O–H groups in total. The first-order valence-corrected chi connectivity index (χ1v) is 9.27. The molecule has 5 nitrogen and oxygen atoms in total. The van der Waals surface area contributed by atoms with Gasteiger partial charge in [-0.1, -0.05) is 26.2 Å². The number of unbranched alkanes of at least 4 members (excludes halogenated alkanes) is 3. The molecule has 5 heteroatoms. The molecule has 0 aliphatic rings. The molecule has 0 saturated heterocycles. The molecule has 0 aliphatic carbocycles. The predicted molar refractivity (Wildman–Crippen MR) is 106 cm³/mol. The Hall–Kier alpha value is -2.82. The van der Waals surface area contributed by atoms with Gasteiger partial charge in [-0.15, -0.1) is 0 Å². The maximum absolute atomic E-state index is 13.0. The van der Waals surface area contributed by atoms with Crippen molar-refractivity contribution in [3.8, 4) is 5.75 Å². The van der Waals surface area contributed by atoms with E-state index in [-0.39, 0.29) is 28.3 Å². The summed E-state index contributed by atoms with van der Waals surface area (Å²) < 4.78 is 5.38. The molecule has 0 saturated carbocycles. The molecule has 0 amide bonds. The Labute approximate surface area is 160 Å². The van der Waals surface area contributed by atoms with Crippen LogP contribution in [-0.4, -0.2) is 23.5 Å². The highest BCUT2D eigenvalue weighted by Crippen LogP contribution is 2.28. The van der Waals surface area contributed by atoms with Crippen LogP contribution in [0.2, 0.25) is 0 Å². The van der Waals surface area contributed by atoms with Crippen LogP contribution < -0.4 is 5.73 Å². The van der Waals surface area contributed by atoms with Gasteiger partial charge in [0, 0.05) is 11.3 Å². The molecule has 0 spiro atoms. The number of ether oxygens (including phenoxy) is 1. The monoisotopic (exact) mass is 369 g/mol. The number of nitrogens with two attached hydrogens (primary N) is 1. The highest BCUT2D eigenvalue weighted by Gasteiger charge is 2.24. The normalized spacial score (nSPS) is 10.6. The minimum absolute atomic E-state index is 0.0614. The molecule has 27 heavy (non-hydrogen) atoms. The van der Waals surface area contributed by atoms with E-state index < -0.39 is 5.97 Å². The van der Waals surface area contributed by atoms with Crippen LogP contribution in [0.3, 0.4) is 0 Å². The molecule has 0 aliphatic heterocycles. The van der Waals surface area contributed by atoms with E-state index in [4.69, 9.17) is 10.5 Å². The van der Waals surface area contributed by atoms with Crippen LogP contribution in [0.1, 0.15) is 70.0 Å². The fourth-order valence-corrected chi connectivity index (χ4v) is 2.88. The number of ketones is 1. The number of hydrogen-bond donors (Lipinski definition) is 2. The molecular weight excluding hydrogens is 342 g/mol. The van der Waals surface area contributed by atoms with E-state index in [0.717, 1.165) is 36.8 Å². The molecule has 0 heterocycles. The second-order valence-electron chi connectivity index (χ2n) is 6.73. The van der Waals surface area contributed by atoms with Crippen LogP contribution in [0.5, 0.6) is 5.75 Å². The number of phenolic OH excluding ortho intramolecular Hbond substituents is 1. The van der Waals surface area contributed by atoms with Crippen molar-refractivity contribution in [2.75, 3.05) is 12.3 Å². The second kappa shape index (κ2) is 9.21. The highest BCUT2D eigenvalue weighted by molar-refractivity contribution is 6.18. The number of carbonyl (C=O) groups excluding carboxylic acids is 2. The van der Waals surface area contributed by atoms with E-state index in [2.05, 4.69) is 6.92 Å². The van der Waals surface area contributed by atoms with Crippen LogP contribution in [0.25, 0.3) is 0 Å². The lowest BCUT2D eigenvalue weighted by Gasteiger charge is -2.16. The van der Waals surface area contributed by atoms with Crippen LogP contribution in [0.4, 0.5) is 5.69 Å². The molecule has 0 unspecified atom stereocenters. The summed E-state index contributed by atoms with van der Waals surface area (Å²) >= 11 is 0. The topological polar surface area (TPSA) is 89.6 Å². The number of rotatable bonds is 8. The number of phenols is 1. The SMILES string of the molecule is CCCCCCOC(=O)c1cc(C)c(C)c(N)c1C(=O)c1ccc(O)cc1. The van der Waals surface area contributed by atoms with Crippen molar-refractivity contribution in [3.05, 3.63) is 58.1 Å². The lowest BCUT2D eigenvalue weighted by atomic mass is 9.91. The third-order valence-electron chi connectivity index (χ3n) is 4.70. The molecule has 0 fully saturated rings. The Morgan fingerprint density at radius 3 is 2.37 bits per heavy atom. The average Bonchev–Trinajstić information content (AvgIpc) is 2.65. The Balaban J connectivity index is 2.35. The Morgan fingerprint density at radius 2 is 1.74 bits per heavy atom. The Morgan fingerprint density at radius 1 is 1.07 bits per heavy atom. The summed E-state index contributed by atoms with van der Waals surface area (Å²) in [6.45, 7) is 6.10. The molecular formula is C22H27NO4. The molecule has 0 radical (unpaired) electrons. The van der Waals surface area contributed by atoms with Gasteiger partial charge in [-0.3, -0.25) is 4.79 Å².